The number of fused-ring (bicyclic) bond motifs is 1. The van der Waals surface area contributed by atoms with E-state index in [1.165, 1.54) is 12.1 Å². The van der Waals surface area contributed by atoms with Gasteiger partial charge in [-0.15, -0.1) is 0 Å². The van der Waals surface area contributed by atoms with Crippen molar-refractivity contribution in [3.63, 3.8) is 0 Å². The molecule has 0 saturated carbocycles. The van der Waals surface area contributed by atoms with Crippen LogP contribution in [0.25, 0.3) is 10.9 Å². The van der Waals surface area contributed by atoms with Crippen molar-refractivity contribution in [1.29, 1.82) is 0 Å². The molecule has 1 heterocycles. The van der Waals surface area contributed by atoms with E-state index in [2.05, 4.69) is 20.9 Å². The van der Waals surface area contributed by atoms with Crippen LogP contribution in [0, 0.1) is 0 Å². The number of benzene rings is 1. The Morgan fingerprint density at radius 3 is 2.62 bits per heavy atom. The summed E-state index contributed by atoms with van der Waals surface area (Å²) in [6, 6.07) is 3.96. The quantitative estimate of drug-likeness (QED) is 0.852. The van der Waals surface area contributed by atoms with E-state index in [1.807, 2.05) is 0 Å². The van der Waals surface area contributed by atoms with Gasteiger partial charge >= 0.3 is 0 Å². The van der Waals surface area contributed by atoms with Gasteiger partial charge in [0.1, 0.15) is 0 Å². The van der Waals surface area contributed by atoms with E-state index in [0.717, 1.165) is 6.07 Å². The van der Waals surface area contributed by atoms with Crippen molar-refractivity contribution in [2.75, 3.05) is 0 Å². The largest absolute Gasteiger partial charge is 0.352 e. The Hall–Kier alpha value is -0.940. The number of rotatable bonds is 1. The molecule has 0 aliphatic heterocycles. The summed E-state index contributed by atoms with van der Waals surface area (Å²) in [5.41, 5.74) is -0.679. The van der Waals surface area contributed by atoms with Gasteiger partial charge in [0.15, 0.2) is 5.43 Å². The number of hydrogen-bond donors (Lipinski definition) is 1. The lowest BCUT2D eigenvalue weighted by Crippen LogP contribution is -2.05. The number of nitrogens with one attached hydrogen (secondary N) is 1. The lowest BCUT2D eigenvalue weighted by atomic mass is 10.2. The van der Waals surface area contributed by atoms with Crippen LogP contribution in [0.4, 0.5) is 8.78 Å². The Balaban J connectivity index is 2.87. The van der Waals surface area contributed by atoms with Crippen LogP contribution < -0.4 is 5.43 Å². The van der Waals surface area contributed by atoms with E-state index >= 15 is 0 Å². The predicted octanol–water partition coefficient (Wildman–Crippen LogP) is 3.88. The molecule has 1 aromatic heterocycles. The normalized spacial score (nSPS) is 11.3. The van der Waals surface area contributed by atoms with Crippen LogP contribution in [0.1, 0.15) is 12.1 Å². The van der Waals surface area contributed by atoms with Crippen molar-refractivity contribution in [3.05, 3.63) is 43.6 Å². The van der Waals surface area contributed by atoms with Gasteiger partial charge in [-0.25, -0.2) is 8.78 Å². The molecule has 6 heteroatoms. The average molecular weight is 309 g/mol. The molecule has 0 fully saturated rings. The number of hydrogen-bond acceptors (Lipinski definition) is 1. The number of H-pyrrole nitrogens is 1. The monoisotopic (exact) mass is 307 g/mol. The zero-order valence-corrected chi connectivity index (χ0v) is 10.1. The summed E-state index contributed by atoms with van der Waals surface area (Å²) in [4.78, 5) is 14.0. The van der Waals surface area contributed by atoms with E-state index < -0.39 is 17.5 Å². The van der Waals surface area contributed by atoms with E-state index in [1.54, 1.807) is 0 Å². The van der Waals surface area contributed by atoms with Crippen LogP contribution in [0.15, 0.2) is 27.5 Å². The van der Waals surface area contributed by atoms with Gasteiger partial charge in [-0.1, -0.05) is 27.5 Å². The zero-order chi connectivity index (χ0) is 11.9. The lowest BCUT2D eigenvalue weighted by molar-refractivity contribution is 0.146. The van der Waals surface area contributed by atoms with Gasteiger partial charge in [0.25, 0.3) is 6.43 Å². The molecule has 0 unspecified atom stereocenters. The maximum atomic E-state index is 12.5. The highest BCUT2D eigenvalue weighted by molar-refractivity contribution is 9.10. The second-order valence-corrected chi connectivity index (χ2v) is 4.52. The highest BCUT2D eigenvalue weighted by Crippen LogP contribution is 2.26. The fraction of sp³-hybridized carbons (Fsp3) is 0.100. The minimum absolute atomic E-state index is 0.226. The first-order valence-electron chi connectivity index (χ1n) is 4.29. The molecule has 16 heavy (non-hydrogen) atoms. The third-order valence-electron chi connectivity index (χ3n) is 2.11. The van der Waals surface area contributed by atoms with Crippen molar-refractivity contribution < 1.29 is 8.78 Å². The summed E-state index contributed by atoms with van der Waals surface area (Å²) in [7, 11) is 0. The molecule has 0 aliphatic rings. The molecular formula is C10H5BrClF2NO. The van der Waals surface area contributed by atoms with Crippen molar-refractivity contribution >= 4 is 38.4 Å². The summed E-state index contributed by atoms with van der Waals surface area (Å²) in [6.45, 7) is 0. The third-order valence-corrected chi connectivity index (χ3v) is 2.87. The molecule has 1 N–H and O–H groups in total. The Morgan fingerprint density at radius 1 is 1.31 bits per heavy atom. The minimum Gasteiger partial charge on any atom is -0.352 e. The molecule has 1 aromatic carbocycles. The predicted molar refractivity (Wildman–Crippen MR) is 62.2 cm³/mol. The van der Waals surface area contributed by atoms with Gasteiger partial charge in [-0.3, -0.25) is 4.79 Å². The van der Waals surface area contributed by atoms with Crippen molar-refractivity contribution in [2.45, 2.75) is 6.43 Å². The van der Waals surface area contributed by atoms with Crippen molar-refractivity contribution in [2.24, 2.45) is 0 Å². The average Bonchev–Trinajstić information content (AvgIpc) is 2.19. The SMILES string of the molecule is O=c1cc(C(F)F)[nH]c2c(Cl)cc(Br)cc12. The maximum Gasteiger partial charge on any atom is 0.278 e. The number of aromatic amines is 1. The van der Waals surface area contributed by atoms with E-state index in [9.17, 15) is 13.6 Å². The molecular weight excluding hydrogens is 303 g/mol. The molecule has 0 atom stereocenters. The van der Waals surface area contributed by atoms with Crippen LogP contribution in [0.5, 0.6) is 0 Å². The summed E-state index contributed by atoms with van der Waals surface area (Å²) >= 11 is 9.05. The van der Waals surface area contributed by atoms with E-state index in [0.29, 0.717) is 4.47 Å². The lowest BCUT2D eigenvalue weighted by Gasteiger charge is -2.05. The van der Waals surface area contributed by atoms with Crippen molar-refractivity contribution in [1.82, 2.24) is 4.98 Å². The van der Waals surface area contributed by atoms with E-state index in [-0.39, 0.29) is 15.9 Å². The van der Waals surface area contributed by atoms with Gasteiger partial charge in [-0.2, -0.15) is 0 Å². The van der Waals surface area contributed by atoms with Gasteiger partial charge < -0.3 is 4.98 Å². The topological polar surface area (TPSA) is 32.9 Å². The molecule has 0 aliphatic carbocycles. The molecule has 0 spiro atoms. The summed E-state index contributed by atoms with van der Waals surface area (Å²) in [5, 5.41) is 0.507. The molecule has 0 radical (unpaired) electrons. The first-order valence-corrected chi connectivity index (χ1v) is 5.46. The molecule has 2 aromatic rings. The smallest absolute Gasteiger partial charge is 0.278 e. The first-order chi connectivity index (χ1) is 7.49. The van der Waals surface area contributed by atoms with Gasteiger partial charge in [-0.05, 0) is 12.1 Å². The number of alkyl halides is 2. The number of pyridine rings is 1. The summed E-state index contributed by atoms with van der Waals surface area (Å²) in [6.07, 6.45) is -2.73. The Bertz CT molecular complexity index is 612. The molecule has 84 valence electrons. The van der Waals surface area contributed by atoms with Gasteiger partial charge in [0, 0.05) is 15.9 Å². The second-order valence-electron chi connectivity index (χ2n) is 3.20. The van der Waals surface area contributed by atoms with E-state index in [4.69, 9.17) is 11.6 Å². The Labute approximate surface area is 102 Å². The molecule has 2 nitrogen and oxygen atoms in total. The van der Waals surface area contributed by atoms with Crippen LogP contribution in [-0.2, 0) is 0 Å². The molecule has 0 bridgehead atoms. The zero-order valence-electron chi connectivity index (χ0n) is 7.73. The molecule has 0 saturated heterocycles. The van der Waals surface area contributed by atoms with Crippen LogP contribution >= 0.6 is 27.5 Å². The van der Waals surface area contributed by atoms with Crippen LogP contribution in [-0.4, -0.2) is 4.98 Å². The first kappa shape index (κ1) is 11.5. The van der Waals surface area contributed by atoms with Crippen LogP contribution in [0.2, 0.25) is 5.02 Å². The highest BCUT2D eigenvalue weighted by Gasteiger charge is 2.12. The summed E-state index contributed by atoms with van der Waals surface area (Å²) in [5.74, 6) is 0. The third kappa shape index (κ3) is 1.97. The molecule has 0 amide bonds. The van der Waals surface area contributed by atoms with Gasteiger partial charge in [0.05, 0.1) is 16.2 Å². The standard InChI is InChI=1S/C10H5BrClF2NO/c11-4-1-5-8(16)3-7(10(13)14)15-9(5)6(12)2-4/h1-3,10H,(H,15,16). The number of halogens is 4. The van der Waals surface area contributed by atoms with Gasteiger partial charge in [0.2, 0.25) is 0 Å². The Morgan fingerprint density at radius 2 is 2.00 bits per heavy atom. The van der Waals surface area contributed by atoms with Crippen molar-refractivity contribution in [3.8, 4) is 0 Å². The highest BCUT2D eigenvalue weighted by atomic mass is 79.9. The van der Waals surface area contributed by atoms with Crippen LogP contribution in [0.3, 0.4) is 0 Å². The molecule has 2 rings (SSSR count). The summed E-state index contributed by atoms with van der Waals surface area (Å²) < 4.78 is 25.6. The maximum absolute atomic E-state index is 12.5. The second kappa shape index (κ2) is 4.14. The Kier molecular flexibility index (Phi) is 2.99. The number of aromatic nitrogens is 1. The minimum atomic E-state index is -2.73. The fourth-order valence-corrected chi connectivity index (χ4v) is 2.27. The fourth-order valence-electron chi connectivity index (χ4n) is 1.41.